The van der Waals surface area contributed by atoms with Gasteiger partial charge >= 0.3 is 84.7 Å². The second-order valence-corrected chi connectivity index (χ2v) is 4.59. The van der Waals surface area contributed by atoms with E-state index in [4.69, 9.17) is 0 Å². The molecule has 0 bridgehead atoms. The SMILES string of the molecule is [F-].c1cc[c]([Al+][c]2ccccc2)cc1. The van der Waals surface area contributed by atoms with E-state index in [0.717, 1.165) is 0 Å². The molecule has 2 aromatic carbocycles. The van der Waals surface area contributed by atoms with Crippen molar-refractivity contribution in [2.24, 2.45) is 0 Å². The minimum atomic E-state index is 0. The number of halogens is 1. The second-order valence-electron chi connectivity index (χ2n) is 2.97. The third-order valence-electron chi connectivity index (χ3n) is 1.93. The predicted molar refractivity (Wildman–Crippen MR) is 57.9 cm³/mol. The molecule has 2 heteroatoms. The summed E-state index contributed by atoms with van der Waals surface area (Å²) in [7, 11) is 0. The molecule has 0 saturated heterocycles. The first-order valence-corrected chi connectivity index (χ1v) is 5.55. The Morgan fingerprint density at radius 1 is 0.571 bits per heavy atom. The Morgan fingerprint density at radius 3 is 1.29 bits per heavy atom. The molecular formula is C12H10AlF. The van der Waals surface area contributed by atoms with Crippen LogP contribution in [-0.4, -0.2) is 15.2 Å². The average molecular weight is 200 g/mol. The summed E-state index contributed by atoms with van der Waals surface area (Å²) in [6, 6.07) is 21.3. The van der Waals surface area contributed by atoms with E-state index in [1.165, 1.54) is 8.85 Å². The van der Waals surface area contributed by atoms with E-state index in [0.29, 0.717) is 0 Å². The summed E-state index contributed by atoms with van der Waals surface area (Å²) in [5, 5.41) is 0. The summed E-state index contributed by atoms with van der Waals surface area (Å²) in [5.74, 6) is 0. The summed E-state index contributed by atoms with van der Waals surface area (Å²) < 4.78 is 2.90. The van der Waals surface area contributed by atoms with Crippen molar-refractivity contribution in [2.45, 2.75) is 0 Å². The van der Waals surface area contributed by atoms with Crippen LogP contribution in [0.3, 0.4) is 0 Å². The summed E-state index contributed by atoms with van der Waals surface area (Å²) in [5.41, 5.74) is 0. The second kappa shape index (κ2) is 5.59. The van der Waals surface area contributed by atoms with Gasteiger partial charge in [-0.05, 0) is 0 Å². The van der Waals surface area contributed by atoms with Crippen LogP contribution in [0.1, 0.15) is 0 Å². The van der Waals surface area contributed by atoms with E-state index in [1.807, 2.05) is 0 Å². The van der Waals surface area contributed by atoms with E-state index >= 15 is 0 Å². The fourth-order valence-electron chi connectivity index (χ4n) is 1.29. The number of hydrogen-bond donors (Lipinski definition) is 0. The summed E-state index contributed by atoms with van der Waals surface area (Å²) >= 11 is 0.271. The predicted octanol–water partition coefficient (Wildman–Crippen LogP) is -1.65. The molecule has 0 fully saturated rings. The van der Waals surface area contributed by atoms with Crippen LogP contribution in [0.5, 0.6) is 0 Å². The van der Waals surface area contributed by atoms with Gasteiger partial charge in [0.1, 0.15) is 0 Å². The van der Waals surface area contributed by atoms with E-state index in [-0.39, 0.29) is 19.9 Å². The molecule has 0 saturated carbocycles. The van der Waals surface area contributed by atoms with E-state index in [2.05, 4.69) is 60.7 Å². The molecule has 14 heavy (non-hydrogen) atoms. The van der Waals surface area contributed by atoms with E-state index in [9.17, 15) is 0 Å². The Morgan fingerprint density at radius 2 is 0.929 bits per heavy atom. The zero-order valence-corrected chi connectivity index (χ0v) is 8.88. The van der Waals surface area contributed by atoms with Crippen molar-refractivity contribution in [3.05, 3.63) is 60.7 Å². The topological polar surface area (TPSA) is 0 Å². The summed E-state index contributed by atoms with van der Waals surface area (Å²) in [6.45, 7) is 0. The molecule has 0 aliphatic heterocycles. The van der Waals surface area contributed by atoms with Gasteiger partial charge in [0, 0.05) is 0 Å². The monoisotopic (exact) mass is 200 g/mol. The van der Waals surface area contributed by atoms with Crippen LogP contribution in [-0.2, 0) is 0 Å². The zero-order chi connectivity index (χ0) is 8.93. The molecule has 2 aromatic rings. The fraction of sp³-hybridized carbons (Fsp3) is 0. The maximum atomic E-state index is 2.20. The van der Waals surface area contributed by atoms with Gasteiger partial charge in [0.05, 0.1) is 0 Å². The van der Waals surface area contributed by atoms with Crippen LogP contribution in [0.25, 0.3) is 0 Å². The van der Waals surface area contributed by atoms with Gasteiger partial charge in [0.15, 0.2) is 0 Å². The van der Waals surface area contributed by atoms with Crippen molar-refractivity contribution in [3.8, 4) is 0 Å². The van der Waals surface area contributed by atoms with Gasteiger partial charge in [-0.1, -0.05) is 0 Å². The van der Waals surface area contributed by atoms with Gasteiger partial charge in [0.25, 0.3) is 0 Å². The third kappa shape index (κ3) is 2.99. The molecule has 0 aliphatic carbocycles. The van der Waals surface area contributed by atoms with Gasteiger partial charge in [-0.2, -0.15) is 0 Å². The zero-order valence-electron chi connectivity index (χ0n) is 7.73. The Kier molecular flexibility index (Phi) is 4.39. The first-order valence-electron chi connectivity index (χ1n) is 4.40. The molecule has 68 valence electrons. The van der Waals surface area contributed by atoms with Crippen molar-refractivity contribution < 1.29 is 4.70 Å². The Hall–Kier alpha value is -1.10. The normalized spacial score (nSPS) is 8.57. The molecule has 0 aliphatic rings. The summed E-state index contributed by atoms with van der Waals surface area (Å²) in [6.07, 6.45) is 0. The van der Waals surface area contributed by atoms with Crippen LogP contribution in [0.15, 0.2) is 60.7 Å². The number of hydrogen-bond acceptors (Lipinski definition) is 0. The van der Waals surface area contributed by atoms with Gasteiger partial charge in [-0.3, -0.25) is 0 Å². The average Bonchev–Trinajstić information content (AvgIpc) is 2.21. The fourth-order valence-corrected chi connectivity index (χ4v) is 2.51. The van der Waals surface area contributed by atoms with Gasteiger partial charge in [0.2, 0.25) is 0 Å². The molecule has 0 N–H and O–H groups in total. The quantitative estimate of drug-likeness (QED) is 0.509. The minimum absolute atomic E-state index is 0. The van der Waals surface area contributed by atoms with Crippen LogP contribution in [0.4, 0.5) is 0 Å². The first-order chi connectivity index (χ1) is 6.45. The van der Waals surface area contributed by atoms with Crippen molar-refractivity contribution in [3.63, 3.8) is 0 Å². The van der Waals surface area contributed by atoms with Crippen LogP contribution in [0.2, 0.25) is 0 Å². The van der Waals surface area contributed by atoms with Gasteiger partial charge < -0.3 is 4.70 Å². The molecule has 0 spiro atoms. The van der Waals surface area contributed by atoms with Gasteiger partial charge in [-0.15, -0.1) is 0 Å². The van der Waals surface area contributed by atoms with Crippen molar-refractivity contribution in [1.29, 1.82) is 0 Å². The summed E-state index contributed by atoms with van der Waals surface area (Å²) in [4.78, 5) is 0. The van der Waals surface area contributed by atoms with Crippen molar-refractivity contribution in [2.75, 3.05) is 0 Å². The number of rotatable bonds is 2. The molecule has 2 rings (SSSR count). The Bertz CT molecular complexity index is 321. The van der Waals surface area contributed by atoms with Crippen molar-refractivity contribution in [1.82, 2.24) is 0 Å². The Balaban J connectivity index is 0.000000980. The molecule has 0 atom stereocenters. The first kappa shape index (κ1) is 11.0. The Labute approximate surface area is 89.7 Å². The third-order valence-corrected chi connectivity index (χ3v) is 3.37. The van der Waals surface area contributed by atoms with E-state index in [1.54, 1.807) is 0 Å². The molecule has 0 aromatic heterocycles. The molecule has 0 heterocycles. The van der Waals surface area contributed by atoms with Gasteiger partial charge in [-0.25, -0.2) is 0 Å². The van der Waals surface area contributed by atoms with Crippen LogP contribution < -0.4 is 13.6 Å². The van der Waals surface area contributed by atoms with Crippen molar-refractivity contribution >= 4 is 24.1 Å². The molecular weight excluding hydrogens is 190 g/mol. The molecule has 0 amide bonds. The molecule has 0 unspecified atom stereocenters. The standard InChI is InChI=1S/2C6H5.Al.FH/c2*1-2-4-6-5-3-1;;/h2*1-5H;;1H/q;;+1;/p-1. The van der Waals surface area contributed by atoms with Crippen LogP contribution >= 0.6 is 0 Å². The number of benzene rings is 2. The molecule has 0 nitrogen and oxygen atoms in total. The van der Waals surface area contributed by atoms with E-state index < -0.39 is 0 Å². The maximum absolute atomic E-state index is 2.20. The molecule has 0 radical (unpaired) electrons. The van der Waals surface area contributed by atoms with Crippen LogP contribution in [0, 0.1) is 0 Å².